The molecule has 1 atom stereocenters. The molecule has 0 aliphatic carbocycles. The summed E-state index contributed by atoms with van der Waals surface area (Å²) in [5.74, 6) is 1.17. The lowest BCUT2D eigenvalue weighted by atomic mass is 9.99. The Morgan fingerprint density at radius 3 is 2.83 bits per heavy atom. The van der Waals surface area contributed by atoms with Gasteiger partial charge in [-0.25, -0.2) is 19.5 Å². The Hall–Kier alpha value is -4.79. The topological polar surface area (TPSA) is 105 Å². The molecule has 1 aliphatic heterocycles. The van der Waals surface area contributed by atoms with E-state index in [1.807, 2.05) is 53.6 Å². The maximum Gasteiger partial charge on any atom is 0.258 e. The van der Waals surface area contributed by atoms with Crippen LogP contribution in [0, 0.1) is 0 Å². The second-order valence-corrected chi connectivity index (χ2v) is 8.48. The van der Waals surface area contributed by atoms with Crippen molar-refractivity contribution in [2.24, 2.45) is 0 Å². The SMILES string of the molecule is O=C(c1cnn2cc(-c3ncccn3)ccc12)N1CCc2[nH]cnc2[C@H]1c1cc2ccccc2o1. The molecule has 6 heterocycles. The van der Waals surface area contributed by atoms with Crippen LogP contribution < -0.4 is 0 Å². The number of furan rings is 1. The molecule has 35 heavy (non-hydrogen) atoms. The van der Waals surface area contributed by atoms with E-state index in [9.17, 15) is 4.79 Å². The van der Waals surface area contributed by atoms with Crippen molar-refractivity contribution in [3.8, 4) is 11.4 Å². The van der Waals surface area contributed by atoms with Gasteiger partial charge in [0.05, 0.1) is 29.3 Å². The highest BCUT2D eigenvalue weighted by Crippen LogP contribution is 2.37. The second kappa shape index (κ2) is 7.63. The van der Waals surface area contributed by atoms with E-state index >= 15 is 0 Å². The smallest absolute Gasteiger partial charge is 0.258 e. The third-order valence-corrected chi connectivity index (χ3v) is 6.47. The van der Waals surface area contributed by atoms with Crippen molar-refractivity contribution in [2.75, 3.05) is 6.54 Å². The number of hydrogen-bond acceptors (Lipinski definition) is 6. The first-order chi connectivity index (χ1) is 17.3. The Morgan fingerprint density at radius 2 is 1.94 bits per heavy atom. The zero-order valence-electron chi connectivity index (χ0n) is 18.5. The summed E-state index contributed by atoms with van der Waals surface area (Å²) in [6.07, 6.45) is 9.21. The molecular weight excluding hydrogens is 442 g/mol. The number of carbonyl (C=O) groups is 1. The molecule has 0 radical (unpaired) electrons. The van der Waals surface area contributed by atoms with E-state index in [1.54, 1.807) is 35.5 Å². The summed E-state index contributed by atoms with van der Waals surface area (Å²) < 4.78 is 7.89. The molecule has 9 heteroatoms. The average Bonchev–Trinajstić information content (AvgIpc) is 3.65. The van der Waals surface area contributed by atoms with E-state index in [-0.39, 0.29) is 5.91 Å². The highest BCUT2D eigenvalue weighted by Gasteiger charge is 2.37. The summed E-state index contributed by atoms with van der Waals surface area (Å²) in [6.45, 7) is 0.531. The summed E-state index contributed by atoms with van der Waals surface area (Å²) in [7, 11) is 0. The van der Waals surface area contributed by atoms with Gasteiger partial charge in [0.2, 0.25) is 0 Å². The fourth-order valence-corrected chi connectivity index (χ4v) is 4.80. The van der Waals surface area contributed by atoms with E-state index < -0.39 is 6.04 Å². The molecular formula is C26H19N7O2. The monoisotopic (exact) mass is 461 g/mol. The van der Waals surface area contributed by atoms with Gasteiger partial charge >= 0.3 is 0 Å². The molecule has 1 aliphatic rings. The standard InChI is InChI=1S/C26H19N7O2/c34-26(18-13-31-33-14-17(6-7-20(18)33)25-27-9-3-10-28-25)32-11-8-19-23(30-15-29-19)24(32)22-12-16-4-1-2-5-21(16)35-22/h1-7,9-10,12-15,24H,8,11H2,(H,29,30)/t24-/m1/s1. The third kappa shape index (κ3) is 3.12. The van der Waals surface area contributed by atoms with Gasteiger partial charge in [0.1, 0.15) is 17.4 Å². The van der Waals surface area contributed by atoms with Crippen molar-refractivity contribution < 1.29 is 9.21 Å². The second-order valence-electron chi connectivity index (χ2n) is 8.48. The number of benzene rings is 1. The quantitative estimate of drug-likeness (QED) is 0.426. The number of fused-ring (bicyclic) bond motifs is 3. The first-order valence-electron chi connectivity index (χ1n) is 11.3. The third-order valence-electron chi connectivity index (χ3n) is 6.47. The molecule has 1 N–H and O–H groups in total. The molecule has 0 spiro atoms. The number of rotatable bonds is 3. The van der Waals surface area contributed by atoms with Crippen molar-refractivity contribution in [3.05, 3.63) is 102 Å². The first-order valence-corrected chi connectivity index (χ1v) is 11.3. The Bertz CT molecular complexity index is 1670. The van der Waals surface area contributed by atoms with Crippen molar-refractivity contribution in [1.29, 1.82) is 0 Å². The number of para-hydroxylation sites is 1. The minimum absolute atomic E-state index is 0.122. The molecule has 9 nitrogen and oxygen atoms in total. The number of aromatic amines is 1. The molecule has 1 aromatic carbocycles. The molecule has 0 unspecified atom stereocenters. The van der Waals surface area contributed by atoms with Gasteiger partial charge in [-0.15, -0.1) is 0 Å². The van der Waals surface area contributed by atoms with E-state index in [0.717, 1.165) is 27.9 Å². The maximum atomic E-state index is 13.9. The fraction of sp³-hybridized carbons (Fsp3) is 0.115. The Balaban J connectivity index is 1.30. The molecule has 7 rings (SSSR count). The van der Waals surface area contributed by atoms with Crippen LogP contribution >= 0.6 is 0 Å². The Morgan fingerprint density at radius 1 is 1.06 bits per heavy atom. The fourth-order valence-electron chi connectivity index (χ4n) is 4.80. The van der Waals surface area contributed by atoms with Gasteiger partial charge in [-0.1, -0.05) is 18.2 Å². The van der Waals surface area contributed by atoms with Gasteiger partial charge in [0.25, 0.3) is 5.91 Å². The van der Waals surface area contributed by atoms with E-state index in [2.05, 4.69) is 25.0 Å². The van der Waals surface area contributed by atoms with Crippen LogP contribution in [0.5, 0.6) is 0 Å². The number of H-pyrrole nitrogens is 1. The van der Waals surface area contributed by atoms with Crippen LogP contribution in [-0.2, 0) is 6.42 Å². The highest BCUT2D eigenvalue weighted by atomic mass is 16.3. The number of carbonyl (C=O) groups excluding carboxylic acids is 1. The number of amides is 1. The number of nitrogens with zero attached hydrogens (tertiary/aromatic N) is 6. The van der Waals surface area contributed by atoms with Crippen LogP contribution in [0.1, 0.15) is 33.5 Å². The normalized spacial score (nSPS) is 15.5. The summed E-state index contributed by atoms with van der Waals surface area (Å²) in [6, 6.07) is 15.0. The number of pyridine rings is 1. The largest absolute Gasteiger partial charge is 0.458 e. The van der Waals surface area contributed by atoms with E-state index in [4.69, 9.17) is 4.42 Å². The maximum absolute atomic E-state index is 13.9. The van der Waals surface area contributed by atoms with Gasteiger partial charge in [-0.05, 0) is 30.3 Å². The van der Waals surface area contributed by atoms with Gasteiger partial charge < -0.3 is 14.3 Å². The summed E-state index contributed by atoms with van der Waals surface area (Å²) >= 11 is 0. The average molecular weight is 461 g/mol. The van der Waals surface area contributed by atoms with Crippen molar-refractivity contribution in [2.45, 2.75) is 12.5 Å². The molecule has 5 aromatic heterocycles. The van der Waals surface area contributed by atoms with E-state index in [0.29, 0.717) is 35.6 Å². The van der Waals surface area contributed by atoms with Crippen LogP contribution in [0.4, 0.5) is 0 Å². The van der Waals surface area contributed by atoms with E-state index in [1.165, 1.54) is 0 Å². The predicted octanol–water partition coefficient (Wildman–Crippen LogP) is 4.05. The first kappa shape index (κ1) is 19.7. The summed E-state index contributed by atoms with van der Waals surface area (Å²) in [5.41, 5.74) is 4.66. The van der Waals surface area contributed by atoms with Gasteiger partial charge in [0, 0.05) is 48.2 Å². The van der Waals surface area contributed by atoms with Crippen molar-refractivity contribution in [3.63, 3.8) is 0 Å². The highest BCUT2D eigenvalue weighted by molar-refractivity contribution is 6.01. The molecule has 0 fully saturated rings. The molecule has 6 aromatic rings. The molecule has 170 valence electrons. The van der Waals surface area contributed by atoms with Gasteiger partial charge in [0.15, 0.2) is 5.82 Å². The van der Waals surface area contributed by atoms with Crippen LogP contribution in [-0.4, -0.2) is 46.9 Å². The number of nitrogens with one attached hydrogen (secondary N) is 1. The van der Waals surface area contributed by atoms with Crippen LogP contribution in [0.15, 0.2) is 84.1 Å². The lowest BCUT2D eigenvalue weighted by Crippen LogP contribution is -2.40. The molecule has 1 amide bonds. The number of imidazole rings is 1. The lowest BCUT2D eigenvalue weighted by Gasteiger charge is -2.33. The molecule has 0 saturated carbocycles. The number of aromatic nitrogens is 6. The minimum atomic E-state index is -0.433. The van der Waals surface area contributed by atoms with Crippen LogP contribution in [0.2, 0.25) is 0 Å². The molecule has 0 bridgehead atoms. The minimum Gasteiger partial charge on any atom is -0.458 e. The predicted molar refractivity (Wildman–Crippen MR) is 128 cm³/mol. The number of hydrogen-bond donors (Lipinski definition) is 1. The lowest BCUT2D eigenvalue weighted by molar-refractivity contribution is 0.0675. The molecule has 0 saturated heterocycles. The van der Waals surface area contributed by atoms with Crippen LogP contribution in [0.25, 0.3) is 27.9 Å². The zero-order valence-corrected chi connectivity index (χ0v) is 18.5. The van der Waals surface area contributed by atoms with Crippen molar-refractivity contribution in [1.82, 2.24) is 34.4 Å². The Kier molecular flexibility index (Phi) is 4.28. The van der Waals surface area contributed by atoms with Crippen LogP contribution in [0.3, 0.4) is 0 Å². The summed E-state index contributed by atoms with van der Waals surface area (Å²) in [5, 5.41) is 5.45. The van der Waals surface area contributed by atoms with Gasteiger partial charge in [-0.3, -0.25) is 4.79 Å². The van der Waals surface area contributed by atoms with Crippen molar-refractivity contribution >= 4 is 22.4 Å². The zero-order chi connectivity index (χ0) is 23.4. The van der Waals surface area contributed by atoms with Gasteiger partial charge in [-0.2, -0.15) is 5.10 Å². The Labute approximate surface area is 199 Å². The summed E-state index contributed by atoms with van der Waals surface area (Å²) in [4.78, 5) is 32.1.